The van der Waals surface area contributed by atoms with Crippen LogP contribution in [0.15, 0.2) is 48.5 Å². The van der Waals surface area contributed by atoms with E-state index in [1.807, 2.05) is 0 Å². The van der Waals surface area contributed by atoms with Crippen LogP contribution < -0.4 is 10.2 Å². The molecule has 146 valence electrons. The summed E-state index contributed by atoms with van der Waals surface area (Å²) in [6.45, 7) is 6.01. The van der Waals surface area contributed by atoms with Crippen LogP contribution in [0, 0.1) is 0 Å². The van der Waals surface area contributed by atoms with Gasteiger partial charge >= 0.3 is 0 Å². The van der Waals surface area contributed by atoms with Crippen molar-refractivity contribution in [1.29, 1.82) is 0 Å². The second-order valence-electron chi connectivity index (χ2n) is 7.17. The van der Waals surface area contributed by atoms with Crippen molar-refractivity contribution < 1.29 is 9.69 Å². The molecular formula is C21H24ClN4OS+. The summed E-state index contributed by atoms with van der Waals surface area (Å²) < 4.78 is 0. The molecule has 0 aliphatic carbocycles. The van der Waals surface area contributed by atoms with Crippen LogP contribution in [0.3, 0.4) is 0 Å². The Labute approximate surface area is 174 Å². The van der Waals surface area contributed by atoms with Crippen molar-refractivity contribution >= 4 is 34.5 Å². The molecule has 0 bridgehead atoms. The lowest BCUT2D eigenvalue weighted by Gasteiger charge is -2.13. The SMILES string of the molecule is CC(C)c1ccc(C[NH+](C)Cc2nnc(C(=O)Nc3ccc(Cl)cc3)s2)cc1. The largest absolute Gasteiger partial charge is 0.328 e. The first kappa shape index (κ1) is 20.5. The Morgan fingerprint density at radius 1 is 1.07 bits per heavy atom. The van der Waals surface area contributed by atoms with Crippen molar-refractivity contribution in [3.8, 4) is 0 Å². The van der Waals surface area contributed by atoms with Crippen molar-refractivity contribution in [3.05, 3.63) is 74.7 Å². The van der Waals surface area contributed by atoms with E-state index in [0.717, 1.165) is 18.1 Å². The predicted molar refractivity (Wildman–Crippen MR) is 114 cm³/mol. The topological polar surface area (TPSA) is 59.3 Å². The summed E-state index contributed by atoms with van der Waals surface area (Å²) in [7, 11) is 2.12. The molecule has 1 amide bonds. The molecule has 7 heteroatoms. The van der Waals surface area contributed by atoms with Gasteiger partial charge in [-0.15, -0.1) is 10.2 Å². The van der Waals surface area contributed by atoms with Crippen LogP contribution >= 0.6 is 22.9 Å². The van der Waals surface area contributed by atoms with E-state index in [1.54, 1.807) is 24.3 Å². The molecule has 0 spiro atoms. The van der Waals surface area contributed by atoms with Gasteiger partial charge in [0.05, 0.1) is 7.05 Å². The predicted octanol–water partition coefficient (Wildman–Crippen LogP) is 3.78. The van der Waals surface area contributed by atoms with Crippen molar-refractivity contribution in [2.75, 3.05) is 12.4 Å². The molecule has 2 aromatic carbocycles. The molecule has 1 aromatic heterocycles. The zero-order valence-corrected chi connectivity index (χ0v) is 17.8. The van der Waals surface area contributed by atoms with Gasteiger partial charge in [0.15, 0.2) is 5.01 Å². The molecule has 1 atom stereocenters. The number of aromatic nitrogens is 2. The molecule has 2 N–H and O–H groups in total. The number of hydrogen-bond acceptors (Lipinski definition) is 4. The Bertz CT molecular complexity index is 922. The fourth-order valence-electron chi connectivity index (χ4n) is 2.82. The Morgan fingerprint density at radius 2 is 1.75 bits per heavy atom. The lowest BCUT2D eigenvalue weighted by molar-refractivity contribution is -0.907. The van der Waals surface area contributed by atoms with Gasteiger partial charge in [0.1, 0.15) is 13.1 Å². The first-order valence-electron chi connectivity index (χ1n) is 9.20. The Kier molecular flexibility index (Phi) is 6.78. The van der Waals surface area contributed by atoms with Gasteiger partial charge < -0.3 is 10.2 Å². The lowest BCUT2D eigenvalue weighted by Crippen LogP contribution is -3.06. The maximum atomic E-state index is 12.3. The van der Waals surface area contributed by atoms with Crippen LogP contribution in [-0.2, 0) is 13.1 Å². The molecule has 0 saturated carbocycles. The van der Waals surface area contributed by atoms with Crippen molar-refractivity contribution in [2.24, 2.45) is 0 Å². The minimum absolute atomic E-state index is 0.256. The van der Waals surface area contributed by atoms with E-state index in [1.165, 1.54) is 27.4 Å². The number of halogens is 1. The second-order valence-corrected chi connectivity index (χ2v) is 8.67. The number of hydrogen-bond donors (Lipinski definition) is 2. The summed E-state index contributed by atoms with van der Waals surface area (Å²) in [5.74, 6) is 0.283. The maximum Gasteiger partial charge on any atom is 0.286 e. The van der Waals surface area contributed by atoms with E-state index in [9.17, 15) is 4.79 Å². The number of nitrogens with zero attached hydrogens (tertiary/aromatic N) is 2. The maximum absolute atomic E-state index is 12.3. The number of quaternary nitrogens is 1. The number of carbonyl (C=O) groups is 1. The molecule has 0 aliphatic rings. The van der Waals surface area contributed by atoms with Gasteiger partial charge in [-0.05, 0) is 35.7 Å². The molecule has 0 saturated heterocycles. The normalized spacial score (nSPS) is 12.2. The van der Waals surface area contributed by atoms with Crippen LogP contribution in [0.4, 0.5) is 5.69 Å². The number of amides is 1. The van der Waals surface area contributed by atoms with Crippen molar-refractivity contribution in [2.45, 2.75) is 32.9 Å². The van der Waals surface area contributed by atoms with Gasteiger partial charge in [0.25, 0.3) is 5.91 Å². The molecule has 3 aromatic rings. The highest BCUT2D eigenvalue weighted by atomic mass is 35.5. The molecule has 1 heterocycles. The van der Waals surface area contributed by atoms with Gasteiger partial charge in [-0.1, -0.05) is 61.1 Å². The fourth-order valence-corrected chi connectivity index (χ4v) is 3.80. The molecule has 0 aliphatic heterocycles. The average molecular weight is 416 g/mol. The van der Waals surface area contributed by atoms with Gasteiger partial charge in [0.2, 0.25) is 5.01 Å². The van der Waals surface area contributed by atoms with E-state index in [2.05, 4.69) is 60.7 Å². The van der Waals surface area contributed by atoms with Crippen LogP contribution in [0.2, 0.25) is 5.02 Å². The molecule has 0 radical (unpaired) electrons. The van der Waals surface area contributed by atoms with Gasteiger partial charge in [-0.2, -0.15) is 0 Å². The summed E-state index contributed by atoms with van der Waals surface area (Å²) in [4.78, 5) is 13.6. The van der Waals surface area contributed by atoms with Gasteiger partial charge in [-0.3, -0.25) is 4.79 Å². The van der Waals surface area contributed by atoms with Crippen molar-refractivity contribution in [3.63, 3.8) is 0 Å². The molecule has 3 rings (SSSR count). The molecule has 28 heavy (non-hydrogen) atoms. The summed E-state index contributed by atoms with van der Waals surface area (Å²) in [6.07, 6.45) is 0. The molecule has 5 nitrogen and oxygen atoms in total. The van der Waals surface area contributed by atoms with Crippen molar-refractivity contribution in [1.82, 2.24) is 10.2 Å². The molecular weight excluding hydrogens is 392 g/mol. The quantitative estimate of drug-likeness (QED) is 0.617. The summed E-state index contributed by atoms with van der Waals surface area (Å²) in [5.41, 5.74) is 3.31. The molecule has 0 fully saturated rings. The summed E-state index contributed by atoms with van der Waals surface area (Å²) >= 11 is 7.19. The van der Waals surface area contributed by atoms with E-state index in [0.29, 0.717) is 21.6 Å². The number of benzene rings is 2. The van der Waals surface area contributed by atoms with Gasteiger partial charge in [0, 0.05) is 16.3 Å². The summed E-state index contributed by atoms with van der Waals surface area (Å²) in [6, 6.07) is 15.7. The Morgan fingerprint density at radius 3 is 2.39 bits per heavy atom. The minimum atomic E-state index is -0.256. The zero-order chi connectivity index (χ0) is 20.1. The lowest BCUT2D eigenvalue weighted by atomic mass is 10.0. The fraction of sp³-hybridized carbons (Fsp3) is 0.286. The number of nitrogens with one attached hydrogen (secondary N) is 2. The van der Waals surface area contributed by atoms with E-state index >= 15 is 0 Å². The van der Waals surface area contributed by atoms with E-state index in [-0.39, 0.29) is 5.91 Å². The Balaban J connectivity index is 1.55. The molecule has 1 unspecified atom stereocenters. The van der Waals surface area contributed by atoms with Crippen LogP contribution in [-0.4, -0.2) is 23.2 Å². The monoisotopic (exact) mass is 415 g/mol. The highest BCUT2D eigenvalue weighted by Gasteiger charge is 2.16. The average Bonchev–Trinajstić information content (AvgIpc) is 3.12. The smallest absolute Gasteiger partial charge is 0.286 e. The third-order valence-corrected chi connectivity index (χ3v) is 5.54. The van der Waals surface area contributed by atoms with Crippen LogP contribution in [0.25, 0.3) is 0 Å². The number of anilines is 1. The third kappa shape index (κ3) is 5.61. The van der Waals surface area contributed by atoms with Crippen LogP contribution in [0.1, 0.15) is 45.7 Å². The van der Waals surface area contributed by atoms with Crippen LogP contribution in [0.5, 0.6) is 0 Å². The standard InChI is InChI=1S/C21H23ClN4OS/c1-14(2)16-6-4-15(5-7-16)12-26(3)13-19-24-25-21(28-19)20(27)23-18-10-8-17(22)9-11-18/h4-11,14H,12-13H2,1-3H3,(H,23,27)/p+1. The Hall–Kier alpha value is -2.28. The van der Waals surface area contributed by atoms with Gasteiger partial charge in [-0.25, -0.2) is 0 Å². The van der Waals surface area contributed by atoms with E-state index in [4.69, 9.17) is 11.6 Å². The minimum Gasteiger partial charge on any atom is -0.328 e. The number of rotatable bonds is 7. The summed E-state index contributed by atoms with van der Waals surface area (Å²) in [5, 5.41) is 12.9. The van der Waals surface area contributed by atoms with E-state index < -0.39 is 0 Å². The highest BCUT2D eigenvalue weighted by Crippen LogP contribution is 2.16. The number of carbonyl (C=O) groups excluding carboxylic acids is 1. The first-order valence-corrected chi connectivity index (χ1v) is 10.4. The first-order chi connectivity index (χ1) is 13.4. The second kappa shape index (κ2) is 9.28. The zero-order valence-electron chi connectivity index (χ0n) is 16.2. The highest BCUT2D eigenvalue weighted by molar-refractivity contribution is 7.13. The third-order valence-electron chi connectivity index (χ3n) is 4.37.